The van der Waals surface area contributed by atoms with Gasteiger partial charge in [0.1, 0.15) is 0 Å². The molecule has 0 fully saturated rings. The number of ether oxygens (including phenoxy) is 2. The molecule has 1 aliphatic heterocycles. The molecule has 2 aromatic carbocycles. The third kappa shape index (κ3) is 4.17. The smallest absolute Gasteiger partial charge is 0.322 e. The minimum atomic E-state index is -0.229. The minimum Gasteiger partial charge on any atom is -0.493 e. The molecule has 6 nitrogen and oxygen atoms in total. The zero-order valence-electron chi connectivity index (χ0n) is 19.4. The van der Waals surface area contributed by atoms with Crippen molar-refractivity contribution in [3.8, 4) is 11.5 Å². The molecule has 0 unspecified atom stereocenters. The summed E-state index contributed by atoms with van der Waals surface area (Å²) in [6, 6.07) is 17.6. The predicted molar refractivity (Wildman–Crippen MR) is 127 cm³/mol. The normalized spacial score (nSPS) is 15.8. The van der Waals surface area contributed by atoms with Gasteiger partial charge in [-0.05, 0) is 52.9 Å². The summed E-state index contributed by atoms with van der Waals surface area (Å²) >= 11 is 0. The first kappa shape index (κ1) is 21.8. The van der Waals surface area contributed by atoms with E-state index in [0.29, 0.717) is 18.0 Å². The molecule has 2 heterocycles. The molecule has 1 aliphatic rings. The van der Waals surface area contributed by atoms with Gasteiger partial charge in [0.05, 0.1) is 20.3 Å². The lowest BCUT2D eigenvalue weighted by molar-refractivity contribution is 0.181. The molecule has 1 N–H and O–H groups in total. The molecule has 168 valence electrons. The topological polar surface area (TPSA) is 55.7 Å². The van der Waals surface area contributed by atoms with Gasteiger partial charge in [0.25, 0.3) is 0 Å². The molecule has 6 heteroatoms. The molecule has 1 atom stereocenters. The second-order valence-electron chi connectivity index (χ2n) is 9.09. The number of fused-ring (bicyclic) bond motifs is 1. The summed E-state index contributed by atoms with van der Waals surface area (Å²) in [6.45, 7) is 7.89. The molecule has 0 spiro atoms. The lowest BCUT2D eigenvalue weighted by atomic mass is 9.87. The molecule has 4 rings (SSSR count). The lowest BCUT2D eigenvalue weighted by Gasteiger charge is -2.37. The van der Waals surface area contributed by atoms with Crippen LogP contribution in [0.4, 0.5) is 10.5 Å². The first-order valence-electron chi connectivity index (χ1n) is 10.9. The summed E-state index contributed by atoms with van der Waals surface area (Å²) in [5, 5.41) is 3.09. The predicted octanol–water partition coefficient (Wildman–Crippen LogP) is 5.44. The number of rotatable bonds is 4. The highest BCUT2D eigenvalue weighted by molar-refractivity contribution is 5.90. The van der Waals surface area contributed by atoms with Crippen LogP contribution in [-0.4, -0.2) is 36.3 Å². The Balaban J connectivity index is 1.64. The van der Waals surface area contributed by atoms with Crippen LogP contribution in [0.5, 0.6) is 11.5 Å². The molecule has 0 aliphatic carbocycles. The van der Waals surface area contributed by atoms with Crippen molar-refractivity contribution in [1.29, 1.82) is 0 Å². The van der Waals surface area contributed by atoms with E-state index in [4.69, 9.17) is 9.47 Å². The Labute approximate surface area is 189 Å². The Morgan fingerprint density at radius 1 is 0.969 bits per heavy atom. The van der Waals surface area contributed by atoms with E-state index in [1.807, 2.05) is 41.3 Å². The summed E-state index contributed by atoms with van der Waals surface area (Å²) in [7, 11) is 3.24. The van der Waals surface area contributed by atoms with Gasteiger partial charge < -0.3 is 24.3 Å². The van der Waals surface area contributed by atoms with E-state index in [-0.39, 0.29) is 17.5 Å². The van der Waals surface area contributed by atoms with E-state index in [9.17, 15) is 4.79 Å². The zero-order chi connectivity index (χ0) is 22.9. The Kier molecular flexibility index (Phi) is 5.87. The standard InChI is InChI=1S/C26H31N3O3/c1-26(2,3)19-9-11-20(12-10-19)27-25(30)29-16-15-28-14-6-7-21(28)24(29)18-8-13-22(31-4)23(17-18)32-5/h6-14,17,24H,15-16H2,1-5H3,(H,27,30)/t24-/m1/s1. The van der Waals surface area contributed by atoms with Crippen LogP contribution in [0.25, 0.3) is 0 Å². The molecule has 3 aromatic rings. The average molecular weight is 434 g/mol. The Morgan fingerprint density at radius 2 is 1.69 bits per heavy atom. The Bertz CT molecular complexity index is 1100. The summed E-state index contributed by atoms with van der Waals surface area (Å²) in [6.07, 6.45) is 2.06. The van der Waals surface area contributed by atoms with Gasteiger partial charge in [0.2, 0.25) is 0 Å². The summed E-state index contributed by atoms with van der Waals surface area (Å²) in [5.74, 6) is 1.31. The number of hydrogen-bond donors (Lipinski definition) is 1. The maximum atomic E-state index is 13.4. The van der Waals surface area contributed by atoms with E-state index in [2.05, 4.69) is 55.1 Å². The molecule has 0 saturated carbocycles. The van der Waals surface area contributed by atoms with Crippen LogP contribution in [0, 0.1) is 0 Å². The van der Waals surface area contributed by atoms with Gasteiger partial charge in [0.15, 0.2) is 11.5 Å². The van der Waals surface area contributed by atoms with Gasteiger partial charge in [-0.25, -0.2) is 4.79 Å². The number of carbonyl (C=O) groups excluding carboxylic acids is 1. The summed E-state index contributed by atoms with van der Waals surface area (Å²) in [4.78, 5) is 15.3. The molecule has 32 heavy (non-hydrogen) atoms. The number of aromatic nitrogens is 1. The van der Waals surface area contributed by atoms with Crippen LogP contribution in [-0.2, 0) is 12.0 Å². The third-order valence-corrected chi connectivity index (χ3v) is 6.02. The minimum absolute atomic E-state index is 0.0688. The number of hydrogen-bond acceptors (Lipinski definition) is 3. The highest BCUT2D eigenvalue weighted by Gasteiger charge is 2.33. The number of carbonyl (C=O) groups is 1. The highest BCUT2D eigenvalue weighted by atomic mass is 16.5. The number of methoxy groups -OCH3 is 2. The zero-order valence-corrected chi connectivity index (χ0v) is 19.4. The largest absolute Gasteiger partial charge is 0.493 e. The van der Waals surface area contributed by atoms with E-state index < -0.39 is 0 Å². The van der Waals surface area contributed by atoms with Gasteiger partial charge in [-0.2, -0.15) is 0 Å². The van der Waals surface area contributed by atoms with Gasteiger partial charge in [0, 0.05) is 30.7 Å². The van der Waals surface area contributed by atoms with Crippen molar-refractivity contribution < 1.29 is 14.3 Å². The van der Waals surface area contributed by atoms with Crippen molar-refractivity contribution in [2.24, 2.45) is 0 Å². The number of urea groups is 1. The number of nitrogens with one attached hydrogen (secondary N) is 1. The van der Waals surface area contributed by atoms with E-state index >= 15 is 0 Å². The first-order chi connectivity index (χ1) is 15.3. The number of benzene rings is 2. The van der Waals surface area contributed by atoms with Crippen LogP contribution in [0.3, 0.4) is 0 Å². The fraction of sp³-hybridized carbons (Fsp3) is 0.346. The van der Waals surface area contributed by atoms with Gasteiger partial charge in [-0.15, -0.1) is 0 Å². The Hall–Kier alpha value is -3.41. The second kappa shape index (κ2) is 8.61. The SMILES string of the molecule is COc1ccc([C@@H]2c3cccn3CCN2C(=O)Nc2ccc(C(C)(C)C)cc2)cc1OC. The number of anilines is 1. The van der Waals surface area contributed by atoms with E-state index in [0.717, 1.165) is 23.5 Å². The van der Waals surface area contributed by atoms with Crippen molar-refractivity contribution in [1.82, 2.24) is 9.47 Å². The van der Waals surface area contributed by atoms with E-state index in [1.54, 1.807) is 14.2 Å². The lowest BCUT2D eigenvalue weighted by Crippen LogP contribution is -2.44. The van der Waals surface area contributed by atoms with Crippen LogP contribution >= 0.6 is 0 Å². The monoisotopic (exact) mass is 433 g/mol. The summed E-state index contributed by atoms with van der Waals surface area (Å²) < 4.78 is 13.1. The number of nitrogens with zero attached hydrogens (tertiary/aromatic N) is 2. The van der Waals surface area contributed by atoms with Crippen LogP contribution in [0.15, 0.2) is 60.8 Å². The highest BCUT2D eigenvalue weighted by Crippen LogP contribution is 2.37. The second-order valence-corrected chi connectivity index (χ2v) is 9.09. The van der Waals surface area contributed by atoms with Crippen molar-refractivity contribution >= 4 is 11.7 Å². The molecule has 0 saturated heterocycles. The van der Waals surface area contributed by atoms with Crippen LogP contribution in [0.1, 0.15) is 43.6 Å². The van der Waals surface area contributed by atoms with Crippen LogP contribution < -0.4 is 14.8 Å². The van der Waals surface area contributed by atoms with Crippen molar-refractivity contribution in [2.75, 3.05) is 26.1 Å². The molecule has 0 radical (unpaired) electrons. The number of amides is 2. The molecular weight excluding hydrogens is 402 g/mol. The van der Waals surface area contributed by atoms with Crippen LogP contribution in [0.2, 0.25) is 0 Å². The fourth-order valence-corrected chi connectivity index (χ4v) is 4.22. The maximum Gasteiger partial charge on any atom is 0.322 e. The third-order valence-electron chi connectivity index (χ3n) is 6.02. The Morgan fingerprint density at radius 3 is 2.34 bits per heavy atom. The van der Waals surface area contributed by atoms with Gasteiger partial charge in [-0.3, -0.25) is 0 Å². The van der Waals surface area contributed by atoms with E-state index in [1.165, 1.54) is 5.56 Å². The quantitative estimate of drug-likeness (QED) is 0.596. The summed E-state index contributed by atoms with van der Waals surface area (Å²) in [5.41, 5.74) is 4.13. The average Bonchev–Trinajstić information content (AvgIpc) is 3.26. The molecule has 0 bridgehead atoms. The van der Waals surface area contributed by atoms with Gasteiger partial charge >= 0.3 is 6.03 Å². The van der Waals surface area contributed by atoms with Crippen molar-refractivity contribution in [3.63, 3.8) is 0 Å². The van der Waals surface area contributed by atoms with Gasteiger partial charge in [-0.1, -0.05) is 39.0 Å². The molecule has 1 aromatic heterocycles. The fourth-order valence-electron chi connectivity index (χ4n) is 4.22. The first-order valence-corrected chi connectivity index (χ1v) is 10.9. The maximum absolute atomic E-state index is 13.4. The van der Waals surface area contributed by atoms with Crippen molar-refractivity contribution in [2.45, 2.75) is 38.8 Å². The molecule has 2 amide bonds. The molecular formula is C26H31N3O3. The van der Waals surface area contributed by atoms with Crippen molar-refractivity contribution in [3.05, 3.63) is 77.6 Å².